The maximum atomic E-state index is 15.0. The molecule has 0 spiro atoms. The summed E-state index contributed by atoms with van der Waals surface area (Å²) in [5.74, 6) is -1.05. The summed E-state index contributed by atoms with van der Waals surface area (Å²) in [7, 11) is 0. The van der Waals surface area contributed by atoms with Crippen molar-refractivity contribution in [2.45, 2.75) is 58.5 Å². The molecule has 2 aromatic rings. The van der Waals surface area contributed by atoms with Crippen molar-refractivity contribution in [2.75, 3.05) is 44.2 Å². The molecular weight excluding hydrogens is 543 g/mol. The average Bonchev–Trinajstić information content (AvgIpc) is 3.00. The van der Waals surface area contributed by atoms with Gasteiger partial charge in [0.2, 0.25) is 0 Å². The molecule has 2 amide bonds. The van der Waals surface area contributed by atoms with E-state index in [2.05, 4.69) is 0 Å². The quantitative estimate of drug-likeness (QED) is 0.564. The van der Waals surface area contributed by atoms with Crippen LogP contribution in [0.4, 0.5) is 15.0 Å². The number of carbonyl (C=O) groups excluding carboxylic acids is 2. The summed E-state index contributed by atoms with van der Waals surface area (Å²) in [5, 5.41) is 10.5. The highest BCUT2D eigenvalue weighted by atomic mass is 35.5. The van der Waals surface area contributed by atoms with Crippen molar-refractivity contribution in [1.29, 1.82) is 0 Å². The number of fused-ring (bicyclic) bond motifs is 2. The minimum absolute atomic E-state index is 0.0270. The van der Waals surface area contributed by atoms with Crippen LogP contribution >= 0.6 is 11.6 Å². The molecule has 3 aliphatic heterocycles. The number of hydrogen-bond donors (Lipinski definition) is 1. The Morgan fingerprint density at radius 3 is 2.50 bits per heavy atom. The number of anilines is 1. The van der Waals surface area contributed by atoms with Gasteiger partial charge < -0.3 is 34.0 Å². The SMILES string of the molecule is C[C@H]1CN(c2nc(-c3c(O)cccc3F)c(Cl)c3c2C(=O)N2CCN(C(=O)OC(C)(C)C)CC2CO3)C[C@H](C)O1. The Morgan fingerprint density at radius 2 is 1.85 bits per heavy atom. The van der Waals surface area contributed by atoms with Crippen molar-refractivity contribution in [1.82, 2.24) is 14.8 Å². The molecule has 1 aromatic carbocycles. The topological polar surface area (TPSA) is 105 Å². The predicted octanol–water partition coefficient (Wildman–Crippen LogP) is 4.31. The summed E-state index contributed by atoms with van der Waals surface area (Å²) in [6.45, 7) is 10.9. The fourth-order valence-electron chi connectivity index (χ4n) is 5.43. The fourth-order valence-corrected chi connectivity index (χ4v) is 5.72. The smallest absolute Gasteiger partial charge is 0.410 e. The molecule has 1 unspecified atom stereocenters. The molecule has 40 heavy (non-hydrogen) atoms. The van der Waals surface area contributed by atoms with E-state index >= 15 is 4.39 Å². The van der Waals surface area contributed by atoms with Crippen LogP contribution in [-0.2, 0) is 9.47 Å². The zero-order valence-corrected chi connectivity index (χ0v) is 24.0. The maximum absolute atomic E-state index is 15.0. The first-order chi connectivity index (χ1) is 18.8. The number of morpholine rings is 1. The van der Waals surface area contributed by atoms with Gasteiger partial charge in [0.25, 0.3) is 5.91 Å². The monoisotopic (exact) mass is 576 g/mol. The molecule has 4 heterocycles. The van der Waals surface area contributed by atoms with Crippen molar-refractivity contribution in [3.63, 3.8) is 0 Å². The van der Waals surface area contributed by atoms with Gasteiger partial charge in [0.1, 0.15) is 45.9 Å². The van der Waals surface area contributed by atoms with E-state index in [1.165, 1.54) is 18.2 Å². The van der Waals surface area contributed by atoms with Gasteiger partial charge in [-0.1, -0.05) is 17.7 Å². The molecule has 2 saturated heterocycles. The number of ether oxygens (including phenoxy) is 3. The molecule has 5 rings (SSSR count). The van der Waals surface area contributed by atoms with Crippen LogP contribution in [0.5, 0.6) is 11.5 Å². The van der Waals surface area contributed by atoms with Crippen LogP contribution in [0.15, 0.2) is 18.2 Å². The second-order valence-electron chi connectivity index (χ2n) is 11.5. The number of carbonyl (C=O) groups is 2. The number of aromatic nitrogens is 1. The van der Waals surface area contributed by atoms with Crippen molar-refractivity contribution in [3.05, 3.63) is 34.6 Å². The van der Waals surface area contributed by atoms with E-state index in [0.29, 0.717) is 13.1 Å². The van der Waals surface area contributed by atoms with E-state index in [4.69, 9.17) is 30.8 Å². The molecule has 0 bridgehead atoms. The average molecular weight is 577 g/mol. The van der Waals surface area contributed by atoms with Crippen molar-refractivity contribution in [2.24, 2.45) is 0 Å². The molecule has 2 fully saturated rings. The second-order valence-corrected chi connectivity index (χ2v) is 11.9. The Hall–Kier alpha value is -3.31. The number of benzene rings is 1. The Labute approximate surface area is 237 Å². The molecule has 216 valence electrons. The van der Waals surface area contributed by atoms with Gasteiger partial charge >= 0.3 is 6.09 Å². The number of halogens is 2. The first-order valence-corrected chi connectivity index (χ1v) is 13.7. The fraction of sp³-hybridized carbons (Fsp3) is 0.536. The molecule has 1 N–H and O–H groups in total. The van der Waals surface area contributed by atoms with Crippen LogP contribution in [0.25, 0.3) is 11.3 Å². The van der Waals surface area contributed by atoms with E-state index in [1.807, 2.05) is 18.7 Å². The highest BCUT2D eigenvalue weighted by Crippen LogP contribution is 2.46. The van der Waals surface area contributed by atoms with Crippen LogP contribution in [0.3, 0.4) is 0 Å². The number of aromatic hydroxyl groups is 1. The zero-order valence-electron chi connectivity index (χ0n) is 23.2. The van der Waals surface area contributed by atoms with Crippen LogP contribution in [0.2, 0.25) is 5.02 Å². The lowest BCUT2D eigenvalue weighted by molar-refractivity contribution is -0.00557. The first-order valence-electron chi connectivity index (χ1n) is 13.4. The van der Waals surface area contributed by atoms with Gasteiger partial charge in [-0.3, -0.25) is 4.79 Å². The molecule has 0 saturated carbocycles. The molecule has 0 aliphatic carbocycles. The second kappa shape index (κ2) is 10.6. The number of piperazine rings is 1. The highest BCUT2D eigenvalue weighted by Gasteiger charge is 2.42. The molecular formula is C28H34ClFN4O6. The number of hydrogen-bond acceptors (Lipinski definition) is 8. The summed E-state index contributed by atoms with van der Waals surface area (Å²) >= 11 is 6.80. The van der Waals surface area contributed by atoms with Crippen LogP contribution in [-0.4, -0.2) is 95.1 Å². The summed E-state index contributed by atoms with van der Waals surface area (Å²) in [6, 6.07) is 3.46. The lowest BCUT2D eigenvalue weighted by atomic mass is 10.0. The Morgan fingerprint density at radius 1 is 1.15 bits per heavy atom. The predicted molar refractivity (Wildman–Crippen MR) is 147 cm³/mol. The molecule has 12 heteroatoms. The lowest BCUT2D eigenvalue weighted by Crippen LogP contribution is -2.58. The number of rotatable bonds is 2. The van der Waals surface area contributed by atoms with Gasteiger partial charge in [-0.2, -0.15) is 0 Å². The highest BCUT2D eigenvalue weighted by molar-refractivity contribution is 6.35. The van der Waals surface area contributed by atoms with Gasteiger partial charge in [-0.15, -0.1) is 0 Å². The maximum Gasteiger partial charge on any atom is 0.410 e. The third-order valence-corrected chi connectivity index (χ3v) is 7.40. The molecule has 10 nitrogen and oxygen atoms in total. The van der Waals surface area contributed by atoms with Crippen molar-refractivity contribution < 1.29 is 33.3 Å². The number of amides is 2. The summed E-state index contributed by atoms with van der Waals surface area (Å²) < 4.78 is 32.7. The van der Waals surface area contributed by atoms with E-state index < -0.39 is 23.6 Å². The zero-order chi connectivity index (χ0) is 28.9. The Kier molecular flexibility index (Phi) is 7.47. The van der Waals surface area contributed by atoms with Crippen LogP contribution in [0, 0.1) is 5.82 Å². The van der Waals surface area contributed by atoms with E-state index in [9.17, 15) is 14.7 Å². The van der Waals surface area contributed by atoms with E-state index in [1.54, 1.807) is 30.6 Å². The molecule has 3 aliphatic rings. The largest absolute Gasteiger partial charge is 0.507 e. The number of phenolic OH excluding ortho intramolecular Hbond substituents is 1. The Balaban J connectivity index is 1.59. The third-order valence-electron chi connectivity index (χ3n) is 7.05. The van der Waals surface area contributed by atoms with Crippen molar-refractivity contribution >= 4 is 29.4 Å². The third kappa shape index (κ3) is 5.36. The normalized spacial score (nSPS) is 23.2. The summed E-state index contributed by atoms with van der Waals surface area (Å²) in [4.78, 5) is 36.8. The van der Waals surface area contributed by atoms with Crippen LogP contribution < -0.4 is 9.64 Å². The van der Waals surface area contributed by atoms with Gasteiger partial charge in [0.05, 0.1) is 23.8 Å². The summed E-state index contributed by atoms with van der Waals surface area (Å²) in [6.07, 6.45) is -0.779. The van der Waals surface area contributed by atoms with Crippen molar-refractivity contribution in [3.8, 4) is 22.8 Å². The molecule has 0 radical (unpaired) electrons. The van der Waals surface area contributed by atoms with E-state index in [-0.39, 0.29) is 83.5 Å². The number of phenols is 1. The minimum atomic E-state index is -0.714. The standard InChI is InChI=1S/C28H34ClFN4O6/c1-15-11-33(12-16(2)39-15)25-21-24(22(29)23(31-25)20-18(30)7-6-8-19(20)35)38-14-17-13-32(9-10-34(17)26(21)36)27(37)40-28(3,4)5/h6-8,15-17,35H,9-14H2,1-5H3/t15-,16-,17?/m0/s1. The van der Waals surface area contributed by atoms with Gasteiger partial charge in [0.15, 0.2) is 5.75 Å². The van der Waals surface area contributed by atoms with Gasteiger partial charge in [-0.25, -0.2) is 14.2 Å². The van der Waals surface area contributed by atoms with Gasteiger partial charge in [-0.05, 0) is 46.8 Å². The minimum Gasteiger partial charge on any atom is -0.507 e. The summed E-state index contributed by atoms with van der Waals surface area (Å²) in [5.41, 5.74) is -0.699. The van der Waals surface area contributed by atoms with E-state index in [0.717, 1.165) is 0 Å². The molecule has 1 aromatic heterocycles. The number of nitrogens with zero attached hydrogens (tertiary/aromatic N) is 4. The van der Waals surface area contributed by atoms with Gasteiger partial charge in [0, 0.05) is 32.7 Å². The van der Waals surface area contributed by atoms with Crippen LogP contribution in [0.1, 0.15) is 45.0 Å². The lowest BCUT2D eigenvalue weighted by Gasteiger charge is -2.40. The molecule has 3 atom stereocenters. The first kappa shape index (κ1) is 28.2. The Bertz CT molecular complexity index is 1300. The number of pyridine rings is 1.